The van der Waals surface area contributed by atoms with Crippen LogP contribution in [0, 0.1) is 5.82 Å². The minimum absolute atomic E-state index is 0.101. The molecule has 8 heteroatoms. The Labute approximate surface area is 155 Å². The summed E-state index contributed by atoms with van der Waals surface area (Å²) in [6.45, 7) is 2.94. The van der Waals surface area contributed by atoms with Crippen LogP contribution in [0.15, 0.2) is 42.9 Å². The average molecular weight is 369 g/mol. The summed E-state index contributed by atoms with van der Waals surface area (Å²) in [5, 5.41) is 3.32. The van der Waals surface area contributed by atoms with Crippen molar-refractivity contribution in [2.45, 2.75) is 6.42 Å². The second kappa shape index (κ2) is 7.71. The lowest BCUT2D eigenvalue weighted by molar-refractivity contribution is -0.134. The topological polar surface area (TPSA) is 71.8 Å². The maximum Gasteiger partial charge on any atom is 0.224 e. The minimum atomic E-state index is -0.296. The standard InChI is InChI=1S/C19H20FN5O2/c20-15-3-1-14(2-4-15)18-19(25-8-7-21-13-16(25)23-18)22-6-5-17(26)24-9-11-27-12-10-24/h1-4,7-8,13,22H,5-6,9-12H2. The first-order valence-electron chi connectivity index (χ1n) is 8.90. The van der Waals surface area contributed by atoms with Gasteiger partial charge in [-0.25, -0.2) is 9.37 Å². The number of ether oxygens (including phenoxy) is 1. The number of hydrogen-bond donors (Lipinski definition) is 1. The Balaban J connectivity index is 1.54. The van der Waals surface area contributed by atoms with Gasteiger partial charge in [0.05, 0.1) is 19.4 Å². The SMILES string of the molecule is O=C(CCNc1c(-c2ccc(F)cc2)nc2cnccn12)N1CCOCC1. The predicted octanol–water partition coefficient (Wildman–Crippen LogP) is 2.20. The van der Waals surface area contributed by atoms with Gasteiger partial charge in [0, 0.05) is 44.0 Å². The molecule has 1 N–H and O–H groups in total. The number of anilines is 1. The second-order valence-corrected chi connectivity index (χ2v) is 6.29. The van der Waals surface area contributed by atoms with Crippen molar-refractivity contribution in [3.63, 3.8) is 0 Å². The lowest BCUT2D eigenvalue weighted by Gasteiger charge is -2.26. The number of fused-ring (bicyclic) bond motifs is 1. The molecule has 1 aliphatic heterocycles. The van der Waals surface area contributed by atoms with E-state index in [4.69, 9.17) is 4.74 Å². The highest BCUT2D eigenvalue weighted by molar-refractivity contribution is 5.78. The van der Waals surface area contributed by atoms with Gasteiger partial charge in [-0.2, -0.15) is 0 Å². The van der Waals surface area contributed by atoms with Crippen LogP contribution in [-0.2, 0) is 9.53 Å². The molecule has 1 saturated heterocycles. The van der Waals surface area contributed by atoms with Crippen molar-refractivity contribution in [1.29, 1.82) is 0 Å². The number of nitrogens with one attached hydrogen (secondary N) is 1. The Hall–Kier alpha value is -3.00. The number of rotatable bonds is 5. The molecule has 0 bridgehead atoms. The number of hydrogen-bond acceptors (Lipinski definition) is 5. The fraction of sp³-hybridized carbons (Fsp3) is 0.316. The van der Waals surface area contributed by atoms with Crippen molar-refractivity contribution in [2.24, 2.45) is 0 Å². The first kappa shape index (κ1) is 17.4. The number of amides is 1. The Morgan fingerprint density at radius 2 is 2.00 bits per heavy atom. The van der Waals surface area contributed by atoms with Gasteiger partial charge in [0.1, 0.15) is 17.3 Å². The third-order valence-electron chi connectivity index (χ3n) is 4.54. The van der Waals surface area contributed by atoms with Crippen LogP contribution in [0.1, 0.15) is 6.42 Å². The highest BCUT2D eigenvalue weighted by atomic mass is 19.1. The van der Waals surface area contributed by atoms with E-state index in [0.29, 0.717) is 50.6 Å². The molecule has 7 nitrogen and oxygen atoms in total. The van der Waals surface area contributed by atoms with E-state index in [1.165, 1.54) is 12.1 Å². The van der Waals surface area contributed by atoms with E-state index in [2.05, 4.69) is 15.3 Å². The van der Waals surface area contributed by atoms with E-state index in [-0.39, 0.29) is 11.7 Å². The minimum Gasteiger partial charge on any atom is -0.378 e. The van der Waals surface area contributed by atoms with Gasteiger partial charge in [0.15, 0.2) is 5.65 Å². The third kappa shape index (κ3) is 3.75. The summed E-state index contributed by atoms with van der Waals surface area (Å²) in [7, 11) is 0. The lowest BCUT2D eigenvalue weighted by atomic mass is 10.1. The second-order valence-electron chi connectivity index (χ2n) is 6.29. The molecule has 0 aliphatic carbocycles. The summed E-state index contributed by atoms with van der Waals surface area (Å²) < 4.78 is 20.4. The van der Waals surface area contributed by atoms with Crippen LogP contribution in [0.5, 0.6) is 0 Å². The molecule has 2 aromatic heterocycles. The van der Waals surface area contributed by atoms with Crippen molar-refractivity contribution in [3.05, 3.63) is 48.7 Å². The van der Waals surface area contributed by atoms with Crippen LogP contribution in [-0.4, -0.2) is 58.0 Å². The van der Waals surface area contributed by atoms with E-state index in [1.54, 1.807) is 24.5 Å². The Bertz CT molecular complexity index is 935. The zero-order valence-corrected chi connectivity index (χ0v) is 14.8. The number of benzene rings is 1. The van der Waals surface area contributed by atoms with E-state index in [1.807, 2.05) is 15.5 Å². The number of carbonyl (C=O) groups excluding carboxylic acids is 1. The van der Waals surface area contributed by atoms with Gasteiger partial charge in [0.25, 0.3) is 0 Å². The number of imidazole rings is 1. The van der Waals surface area contributed by atoms with Gasteiger partial charge >= 0.3 is 0 Å². The quantitative estimate of drug-likeness (QED) is 0.747. The lowest BCUT2D eigenvalue weighted by Crippen LogP contribution is -2.41. The van der Waals surface area contributed by atoms with Gasteiger partial charge < -0.3 is 15.0 Å². The number of halogens is 1. The van der Waals surface area contributed by atoms with Crippen LogP contribution >= 0.6 is 0 Å². The van der Waals surface area contributed by atoms with E-state index >= 15 is 0 Å². The molecular weight excluding hydrogens is 349 g/mol. The zero-order valence-electron chi connectivity index (χ0n) is 14.8. The maximum atomic E-state index is 13.3. The largest absolute Gasteiger partial charge is 0.378 e. The zero-order chi connectivity index (χ0) is 18.6. The smallest absolute Gasteiger partial charge is 0.224 e. The molecule has 0 atom stereocenters. The third-order valence-corrected chi connectivity index (χ3v) is 4.54. The first-order valence-corrected chi connectivity index (χ1v) is 8.90. The molecule has 1 aromatic carbocycles. The van der Waals surface area contributed by atoms with Gasteiger partial charge in [0.2, 0.25) is 5.91 Å². The molecule has 1 amide bonds. The summed E-state index contributed by atoms with van der Waals surface area (Å²) in [5.74, 6) is 0.563. The van der Waals surface area contributed by atoms with Crippen molar-refractivity contribution in [2.75, 3.05) is 38.2 Å². The summed E-state index contributed by atoms with van der Waals surface area (Å²) in [5.41, 5.74) is 2.17. The number of carbonyl (C=O) groups is 1. The Kier molecular flexibility index (Phi) is 4.97. The first-order chi connectivity index (χ1) is 13.2. The molecule has 3 heterocycles. The number of aromatic nitrogens is 3. The van der Waals surface area contributed by atoms with E-state index in [0.717, 1.165) is 11.4 Å². The van der Waals surface area contributed by atoms with Crippen LogP contribution in [0.25, 0.3) is 16.9 Å². The molecule has 4 rings (SSSR count). The van der Waals surface area contributed by atoms with Gasteiger partial charge in [-0.05, 0) is 24.3 Å². The normalized spacial score (nSPS) is 14.5. The summed E-state index contributed by atoms with van der Waals surface area (Å²) in [4.78, 5) is 22.9. The van der Waals surface area contributed by atoms with Gasteiger partial charge in [-0.3, -0.25) is 14.2 Å². The maximum absolute atomic E-state index is 13.3. The highest BCUT2D eigenvalue weighted by Gasteiger charge is 2.18. The van der Waals surface area contributed by atoms with Gasteiger partial charge in [-0.1, -0.05) is 0 Å². The van der Waals surface area contributed by atoms with E-state index in [9.17, 15) is 9.18 Å². The molecule has 27 heavy (non-hydrogen) atoms. The van der Waals surface area contributed by atoms with Crippen molar-refractivity contribution >= 4 is 17.4 Å². The molecule has 140 valence electrons. The molecule has 1 aliphatic rings. The van der Waals surface area contributed by atoms with Crippen LogP contribution in [0.3, 0.4) is 0 Å². The number of nitrogens with zero attached hydrogens (tertiary/aromatic N) is 4. The summed E-state index contributed by atoms with van der Waals surface area (Å²) >= 11 is 0. The number of morpholine rings is 1. The van der Waals surface area contributed by atoms with Crippen molar-refractivity contribution < 1.29 is 13.9 Å². The van der Waals surface area contributed by atoms with Gasteiger partial charge in [-0.15, -0.1) is 0 Å². The molecule has 0 spiro atoms. The fourth-order valence-corrected chi connectivity index (χ4v) is 3.14. The predicted molar refractivity (Wildman–Crippen MR) is 98.9 cm³/mol. The van der Waals surface area contributed by atoms with Crippen LogP contribution < -0.4 is 5.32 Å². The van der Waals surface area contributed by atoms with E-state index < -0.39 is 0 Å². The van der Waals surface area contributed by atoms with Crippen LogP contribution in [0.4, 0.5) is 10.2 Å². The van der Waals surface area contributed by atoms with Crippen LogP contribution in [0.2, 0.25) is 0 Å². The molecule has 0 saturated carbocycles. The Morgan fingerprint density at radius 1 is 1.22 bits per heavy atom. The monoisotopic (exact) mass is 369 g/mol. The summed E-state index contributed by atoms with van der Waals surface area (Å²) in [6, 6.07) is 6.19. The molecule has 0 radical (unpaired) electrons. The van der Waals surface area contributed by atoms with Crippen molar-refractivity contribution in [3.8, 4) is 11.3 Å². The summed E-state index contributed by atoms with van der Waals surface area (Å²) in [6.07, 6.45) is 5.52. The highest BCUT2D eigenvalue weighted by Crippen LogP contribution is 2.28. The molecule has 1 fully saturated rings. The Morgan fingerprint density at radius 3 is 2.78 bits per heavy atom. The van der Waals surface area contributed by atoms with Crippen molar-refractivity contribution in [1.82, 2.24) is 19.3 Å². The molecule has 3 aromatic rings. The fourth-order valence-electron chi connectivity index (χ4n) is 3.14. The average Bonchev–Trinajstić information content (AvgIpc) is 3.08. The molecular formula is C19H20FN5O2. The molecule has 0 unspecified atom stereocenters.